The Morgan fingerprint density at radius 2 is 2.25 bits per heavy atom. The van der Waals surface area contributed by atoms with Crippen LogP contribution in [-0.2, 0) is 7.05 Å². The fraction of sp³-hybridized carbons (Fsp3) is 0.600. The average Bonchev–Trinajstić information content (AvgIpc) is 2.55. The minimum atomic E-state index is -0.0882. The van der Waals surface area contributed by atoms with E-state index in [9.17, 15) is 4.79 Å². The molecule has 1 aliphatic rings. The van der Waals surface area contributed by atoms with Crippen molar-refractivity contribution in [3.8, 4) is 0 Å². The molecule has 1 aromatic rings. The van der Waals surface area contributed by atoms with Crippen LogP contribution in [0.2, 0.25) is 0 Å². The Balaban J connectivity index is 2.32. The smallest absolute Gasteiger partial charge is 0.282 e. The molecule has 88 valence electrons. The van der Waals surface area contributed by atoms with Crippen molar-refractivity contribution >= 4 is 21.6 Å². The Kier molecular flexibility index (Phi) is 3.60. The largest absolute Gasteiger partial charge is 0.368 e. The van der Waals surface area contributed by atoms with E-state index in [-0.39, 0.29) is 5.56 Å². The molecule has 1 aromatic heterocycles. The molecule has 6 heteroatoms. The summed E-state index contributed by atoms with van der Waals surface area (Å²) in [6, 6.07) is 0. The first-order chi connectivity index (χ1) is 7.70. The van der Waals surface area contributed by atoms with E-state index in [1.165, 1.54) is 4.68 Å². The molecular weight excluding hydrogens is 272 g/mol. The van der Waals surface area contributed by atoms with Crippen LogP contribution in [0.15, 0.2) is 15.5 Å². The van der Waals surface area contributed by atoms with Crippen molar-refractivity contribution < 1.29 is 0 Å². The lowest BCUT2D eigenvalue weighted by atomic mass is 10.3. The molecule has 1 fully saturated rings. The van der Waals surface area contributed by atoms with Crippen molar-refractivity contribution in [2.75, 3.05) is 31.1 Å². The Morgan fingerprint density at radius 3 is 3.06 bits per heavy atom. The van der Waals surface area contributed by atoms with Gasteiger partial charge in [0.15, 0.2) is 0 Å². The number of hydrogen-bond acceptors (Lipinski definition) is 4. The van der Waals surface area contributed by atoms with Gasteiger partial charge in [0.05, 0.1) is 11.9 Å². The standard InChI is InChI=1S/C10H15BrN4O/c1-14-10(16)9(11)8(7-13-14)15-5-2-3-12-4-6-15/h7,12H,2-6H2,1H3. The fourth-order valence-corrected chi connectivity index (χ4v) is 2.42. The van der Waals surface area contributed by atoms with Gasteiger partial charge in [-0.2, -0.15) is 5.10 Å². The van der Waals surface area contributed by atoms with Crippen LogP contribution in [0.5, 0.6) is 0 Å². The van der Waals surface area contributed by atoms with Crippen molar-refractivity contribution in [1.82, 2.24) is 15.1 Å². The van der Waals surface area contributed by atoms with Gasteiger partial charge in [-0.1, -0.05) is 0 Å². The third-order valence-electron chi connectivity index (χ3n) is 2.74. The van der Waals surface area contributed by atoms with Gasteiger partial charge in [0, 0.05) is 26.7 Å². The molecular formula is C10H15BrN4O. The minimum absolute atomic E-state index is 0.0882. The lowest BCUT2D eigenvalue weighted by Crippen LogP contribution is -2.31. The van der Waals surface area contributed by atoms with E-state index in [1.54, 1.807) is 13.2 Å². The number of aryl methyl sites for hydroxylation is 1. The highest BCUT2D eigenvalue weighted by Crippen LogP contribution is 2.21. The van der Waals surface area contributed by atoms with E-state index >= 15 is 0 Å². The molecule has 5 nitrogen and oxygen atoms in total. The summed E-state index contributed by atoms with van der Waals surface area (Å²) in [6.45, 7) is 3.85. The third-order valence-corrected chi connectivity index (χ3v) is 3.49. The summed E-state index contributed by atoms with van der Waals surface area (Å²) >= 11 is 3.36. The number of halogens is 1. The molecule has 0 radical (unpaired) electrons. The summed E-state index contributed by atoms with van der Waals surface area (Å²) in [5.74, 6) is 0. The molecule has 2 heterocycles. The lowest BCUT2D eigenvalue weighted by Gasteiger charge is -2.22. The van der Waals surface area contributed by atoms with Gasteiger partial charge in [-0.15, -0.1) is 0 Å². The molecule has 0 unspecified atom stereocenters. The third kappa shape index (κ3) is 2.27. The summed E-state index contributed by atoms with van der Waals surface area (Å²) in [4.78, 5) is 13.9. The van der Waals surface area contributed by atoms with Crippen LogP contribution in [0.1, 0.15) is 6.42 Å². The molecule has 0 spiro atoms. The number of nitrogens with zero attached hydrogens (tertiary/aromatic N) is 3. The highest BCUT2D eigenvalue weighted by Gasteiger charge is 2.15. The van der Waals surface area contributed by atoms with Crippen molar-refractivity contribution in [1.29, 1.82) is 0 Å². The number of hydrogen-bond donors (Lipinski definition) is 1. The highest BCUT2D eigenvalue weighted by atomic mass is 79.9. The van der Waals surface area contributed by atoms with Crippen LogP contribution < -0.4 is 15.8 Å². The molecule has 2 rings (SSSR count). The van der Waals surface area contributed by atoms with Gasteiger partial charge in [0.2, 0.25) is 0 Å². The summed E-state index contributed by atoms with van der Waals surface area (Å²) < 4.78 is 1.94. The first kappa shape index (κ1) is 11.6. The van der Waals surface area contributed by atoms with Gasteiger partial charge >= 0.3 is 0 Å². The maximum Gasteiger partial charge on any atom is 0.282 e. The van der Waals surface area contributed by atoms with Gasteiger partial charge < -0.3 is 10.2 Å². The minimum Gasteiger partial charge on any atom is -0.368 e. The summed E-state index contributed by atoms with van der Waals surface area (Å²) in [5.41, 5.74) is 0.807. The van der Waals surface area contributed by atoms with E-state index in [2.05, 4.69) is 31.2 Å². The molecule has 0 aromatic carbocycles. The quantitative estimate of drug-likeness (QED) is 0.809. The van der Waals surface area contributed by atoms with Crippen molar-refractivity contribution in [3.05, 3.63) is 21.0 Å². The van der Waals surface area contributed by atoms with E-state index in [0.717, 1.165) is 38.3 Å². The van der Waals surface area contributed by atoms with Crippen LogP contribution in [0.4, 0.5) is 5.69 Å². The van der Waals surface area contributed by atoms with E-state index < -0.39 is 0 Å². The van der Waals surface area contributed by atoms with Crippen molar-refractivity contribution in [2.24, 2.45) is 7.05 Å². The van der Waals surface area contributed by atoms with Crippen LogP contribution in [0.3, 0.4) is 0 Å². The number of anilines is 1. The lowest BCUT2D eigenvalue weighted by molar-refractivity contribution is 0.693. The molecule has 0 amide bonds. The Labute approximate surface area is 103 Å². The second kappa shape index (κ2) is 4.97. The first-order valence-electron chi connectivity index (χ1n) is 5.37. The molecule has 0 aliphatic carbocycles. The van der Waals surface area contributed by atoms with Crippen molar-refractivity contribution in [3.63, 3.8) is 0 Å². The predicted molar refractivity (Wildman–Crippen MR) is 66.9 cm³/mol. The van der Waals surface area contributed by atoms with Crippen LogP contribution in [0, 0.1) is 0 Å². The maximum atomic E-state index is 11.7. The zero-order valence-electron chi connectivity index (χ0n) is 9.24. The fourth-order valence-electron chi connectivity index (χ4n) is 1.81. The zero-order chi connectivity index (χ0) is 11.5. The molecule has 1 saturated heterocycles. The molecule has 1 aliphatic heterocycles. The predicted octanol–water partition coefficient (Wildman–Crippen LogP) is 0.343. The Bertz CT molecular complexity index is 423. The molecule has 1 N–H and O–H groups in total. The average molecular weight is 287 g/mol. The van der Waals surface area contributed by atoms with Gasteiger partial charge in [0.1, 0.15) is 4.47 Å². The van der Waals surface area contributed by atoms with Gasteiger partial charge in [-0.25, -0.2) is 4.68 Å². The van der Waals surface area contributed by atoms with E-state index in [0.29, 0.717) is 4.47 Å². The molecule has 0 atom stereocenters. The van der Waals surface area contributed by atoms with Crippen LogP contribution >= 0.6 is 15.9 Å². The molecule has 0 bridgehead atoms. The van der Waals surface area contributed by atoms with Crippen LogP contribution in [-0.4, -0.2) is 36.0 Å². The van der Waals surface area contributed by atoms with E-state index in [1.807, 2.05) is 0 Å². The Morgan fingerprint density at radius 1 is 1.44 bits per heavy atom. The Hall–Kier alpha value is -0.880. The SMILES string of the molecule is Cn1ncc(N2CCCNCC2)c(Br)c1=O. The van der Waals surface area contributed by atoms with Crippen molar-refractivity contribution in [2.45, 2.75) is 6.42 Å². The molecule has 0 saturated carbocycles. The zero-order valence-corrected chi connectivity index (χ0v) is 10.8. The van der Waals surface area contributed by atoms with Gasteiger partial charge in [0.25, 0.3) is 5.56 Å². The van der Waals surface area contributed by atoms with Gasteiger partial charge in [-0.05, 0) is 28.9 Å². The van der Waals surface area contributed by atoms with E-state index in [4.69, 9.17) is 0 Å². The second-order valence-corrected chi connectivity index (χ2v) is 4.66. The number of rotatable bonds is 1. The molecule has 16 heavy (non-hydrogen) atoms. The second-order valence-electron chi connectivity index (χ2n) is 3.86. The monoisotopic (exact) mass is 286 g/mol. The summed E-state index contributed by atoms with van der Waals surface area (Å²) in [5, 5.41) is 7.39. The van der Waals surface area contributed by atoms with Gasteiger partial charge in [-0.3, -0.25) is 4.79 Å². The van der Waals surface area contributed by atoms with Crippen LogP contribution in [0.25, 0.3) is 0 Å². The summed E-state index contributed by atoms with van der Waals surface area (Å²) in [6.07, 6.45) is 2.83. The summed E-state index contributed by atoms with van der Waals surface area (Å²) in [7, 11) is 1.65. The topological polar surface area (TPSA) is 50.2 Å². The number of aromatic nitrogens is 2. The number of nitrogens with one attached hydrogen (secondary N) is 1. The highest BCUT2D eigenvalue weighted by molar-refractivity contribution is 9.10. The normalized spacial score (nSPS) is 17.2. The maximum absolute atomic E-state index is 11.7. The first-order valence-corrected chi connectivity index (χ1v) is 6.17.